The van der Waals surface area contributed by atoms with Gasteiger partial charge in [0.2, 0.25) is 5.89 Å². The van der Waals surface area contributed by atoms with Crippen LogP contribution in [-0.4, -0.2) is 49.6 Å². The summed E-state index contributed by atoms with van der Waals surface area (Å²) in [6.45, 7) is 3.85. The lowest BCUT2D eigenvalue weighted by Gasteiger charge is -2.14. The molecule has 1 unspecified atom stereocenters. The van der Waals surface area contributed by atoms with Crippen molar-refractivity contribution in [1.29, 1.82) is 0 Å². The molecule has 0 spiro atoms. The van der Waals surface area contributed by atoms with Gasteiger partial charge in [-0.3, -0.25) is 4.99 Å². The van der Waals surface area contributed by atoms with E-state index < -0.39 is 0 Å². The van der Waals surface area contributed by atoms with Crippen LogP contribution in [0.4, 0.5) is 0 Å². The van der Waals surface area contributed by atoms with E-state index in [9.17, 15) is 0 Å². The van der Waals surface area contributed by atoms with E-state index in [2.05, 4.69) is 32.6 Å². The molecule has 1 atom stereocenters. The van der Waals surface area contributed by atoms with Gasteiger partial charge in [0.25, 0.3) is 0 Å². The van der Waals surface area contributed by atoms with Gasteiger partial charge >= 0.3 is 0 Å². The molecule has 3 rings (SSSR count). The second-order valence-corrected chi connectivity index (χ2v) is 6.23. The highest BCUT2D eigenvalue weighted by Gasteiger charge is 2.19. The minimum atomic E-state index is 0.584. The maximum Gasteiger partial charge on any atom is 0.226 e. The lowest BCUT2D eigenvalue weighted by Crippen LogP contribution is -2.39. The topological polar surface area (TPSA) is 65.7 Å². The summed E-state index contributed by atoms with van der Waals surface area (Å²) in [6, 6.07) is 9.91. The Morgan fingerprint density at radius 1 is 1.33 bits per heavy atom. The fraction of sp³-hybridized carbons (Fsp3) is 0.444. The van der Waals surface area contributed by atoms with Crippen molar-refractivity contribution in [2.75, 3.05) is 33.7 Å². The predicted octanol–water partition coefficient (Wildman–Crippen LogP) is 1.96. The zero-order chi connectivity index (χ0) is 16.8. The van der Waals surface area contributed by atoms with Crippen molar-refractivity contribution in [2.24, 2.45) is 10.9 Å². The Labute approximate surface area is 143 Å². The van der Waals surface area contributed by atoms with Crippen molar-refractivity contribution in [2.45, 2.75) is 13.0 Å². The third kappa shape index (κ3) is 4.35. The highest BCUT2D eigenvalue weighted by molar-refractivity contribution is 5.79. The summed E-state index contributed by atoms with van der Waals surface area (Å²) in [5.74, 6) is 2.13. The van der Waals surface area contributed by atoms with Crippen LogP contribution in [0, 0.1) is 5.92 Å². The van der Waals surface area contributed by atoms with Crippen molar-refractivity contribution >= 4 is 5.96 Å². The molecule has 0 aliphatic carbocycles. The minimum absolute atomic E-state index is 0.584. The minimum Gasteiger partial charge on any atom is -0.444 e. The fourth-order valence-electron chi connectivity index (χ4n) is 2.93. The lowest BCUT2D eigenvalue weighted by atomic mass is 10.1. The van der Waals surface area contributed by atoms with Crippen molar-refractivity contribution < 1.29 is 4.42 Å². The smallest absolute Gasteiger partial charge is 0.226 e. The second-order valence-electron chi connectivity index (χ2n) is 6.23. The average molecular weight is 327 g/mol. The first-order valence-corrected chi connectivity index (χ1v) is 8.37. The number of hydrogen-bond acceptors (Lipinski definition) is 4. The third-order valence-electron chi connectivity index (χ3n) is 4.28. The van der Waals surface area contributed by atoms with Crippen LogP contribution in [0.15, 0.2) is 46.0 Å². The van der Waals surface area contributed by atoms with Crippen LogP contribution in [0.3, 0.4) is 0 Å². The maximum atomic E-state index is 5.55. The van der Waals surface area contributed by atoms with Crippen LogP contribution < -0.4 is 10.6 Å². The van der Waals surface area contributed by atoms with Crippen LogP contribution >= 0.6 is 0 Å². The summed E-state index contributed by atoms with van der Waals surface area (Å²) in [7, 11) is 3.95. The molecule has 1 aromatic heterocycles. The van der Waals surface area contributed by atoms with Gasteiger partial charge in [0.05, 0.1) is 12.2 Å². The van der Waals surface area contributed by atoms with E-state index in [4.69, 9.17) is 4.42 Å². The highest BCUT2D eigenvalue weighted by Crippen LogP contribution is 2.17. The van der Waals surface area contributed by atoms with Gasteiger partial charge in [0.1, 0.15) is 6.26 Å². The lowest BCUT2D eigenvalue weighted by molar-refractivity contribution is 0.394. The predicted molar refractivity (Wildman–Crippen MR) is 95.7 cm³/mol. The van der Waals surface area contributed by atoms with Gasteiger partial charge in [-0.2, -0.15) is 0 Å². The van der Waals surface area contributed by atoms with Gasteiger partial charge in [0.15, 0.2) is 5.96 Å². The monoisotopic (exact) mass is 327 g/mol. The quantitative estimate of drug-likeness (QED) is 0.649. The molecular formula is C18H25N5O. The van der Waals surface area contributed by atoms with Crippen LogP contribution in [0.2, 0.25) is 0 Å². The maximum absolute atomic E-state index is 5.55. The molecule has 0 saturated carbocycles. The Bertz CT molecular complexity index is 667. The van der Waals surface area contributed by atoms with Crippen molar-refractivity contribution in [3.05, 3.63) is 42.3 Å². The van der Waals surface area contributed by atoms with E-state index in [-0.39, 0.29) is 0 Å². The summed E-state index contributed by atoms with van der Waals surface area (Å²) < 4.78 is 5.55. The van der Waals surface area contributed by atoms with Crippen LogP contribution in [0.5, 0.6) is 0 Å². The van der Waals surface area contributed by atoms with Crippen molar-refractivity contribution in [1.82, 2.24) is 20.5 Å². The summed E-state index contributed by atoms with van der Waals surface area (Å²) in [4.78, 5) is 11.2. The van der Waals surface area contributed by atoms with Crippen molar-refractivity contribution in [3.8, 4) is 11.5 Å². The van der Waals surface area contributed by atoms with E-state index in [1.54, 1.807) is 13.3 Å². The highest BCUT2D eigenvalue weighted by atomic mass is 16.3. The molecule has 2 N–H and O–H groups in total. The summed E-state index contributed by atoms with van der Waals surface area (Å²) >= 11 is 0. The Morgan fingerprint density at radius 3 is 2.88 bits per heavy atom. The zero-order valence-corrected chi connectivity index (χ0v) is 14.3. The Hall–Kier alpha value is -2.34. The molecule has 0 bridgehead atoms. The van der Waals surface area contributed by atoms with Crippen LogP contribution in [0.1, 0.15) is 12.1 Å². The second kappa shape index (κ2) is 7.97. The molecule has 2 heterocycles. The molecule has 128 valence electrons. The summed E-state index contributed by atoms with van der Waals surface area (Å²) in [5.41, 5.74) is 1.84. The Morgan fingerprint density at radius 2 is 2.17 bits per heavy atom. The molecule has 2 aromatic rings. The number of hydrogen-bond donors (Lipinski definition) is 2. The number of nitrogens with one attached hydrogen (secondary N) is 2. The van der Waals surface area contributed by atoms with E-state index in [1.165, 1.54) is 13.0 Å². The molecule has 1 aliphatic rings. The molecule has 0 amide bonds. The van der Waals surface area contributed by atoms with Gasteiger partial charge < -0.3 is 20.0 Å². The fourth-order valence-corrected chi connectivity index (χ4v) is 2.93. The molecule has 6 nitrogen and oxygen atoms in total. The third-order valence-corrected chi connectivity index (χ3v) is 4.28. The number of nitrogens with zero attached hydrogens (tertiary/aromatic N) is 3. The molecule has 1 aliphatic heterocycles. The number of benzene rings is 1. The van der Waals surface area contributed by atoms with E-state index in [0.717, 1.165) is 30.3 Å². The first-order chi connectivity index (χ1) is 11.7. The molecule has 1 aromatic carbocycles. The van der Waals surface area contributed by atoms with E-state index >= 15 is 0 Å². The molecule has 1 saturated heterocycles. The van der Waals surface area contributed by atoms with Crippen molar-refractivity contribution in [3.63, 3.8) is 0 Å². The SMILES string of the molecule is CN=C(NCc1coc(-c2ccccc2)n1)NCC1CCN(C)C1. The first kappa shape index (κ1) is 16.5. The van der Waals surface area contributed by atoms with Gasteiger partial charge in [-0.15, -0.1) is 0 Å². The molecule has 1 fully saturated rings. The zero-order valence-electron chi connectivity index (χ0n) is 14.3. The van der Waals surface area contributed by atoms with E-state index in [1.807, 2.05) is 30.3 Å². The first-order valence-electron chi connectivity index (χ1n) is 8.37. The van der Waals surface area contributed by atoms with Gasteiger partial charge in [-0.1, -0.05) is 18.2 Å². The number of rotatable bonds is 5. The average Bonchev–Trinajstić information content (AvgIpc) is 3.25. The van der Waals surface area contributed by atoms with Gasteiger partial charge in [-0.25, -0.2) is 4.98 Å². The summed E-state index contributed by atoms with van der Waals surface area (Å²) in [5, 5.41) is 6.68. The van der Waals surface area contributed by atoms with Crippen LogP contribution in [-0.2, 0) is 6.54 Å². The van der Waals surface area contributed by atoms with E-state index in [0.29, 0.717) is 18.4 Å². The Kier molecular flexibility index (Phi) is 5.48. The molecule has 0 radical (unpaired) electrons. The number of aromatic nitrogens is 1. The molecular weight excluding hydrogens is 302 g/mol. The Balaban J connectivity index is 1.48. The number of likely N-dealkylation sites (tertiary alicyclic amines) is 1. The number of oxazole rings is 1. The van der Waals surface area contributed by atoms with Gasteiger partial charge in [0, 0.05) is 25.7 Å². The number of guanidine groups is 1. The van der Waals surface area contributed by atoms with Gasteiger partial charge in [-0.05, 0) is 38.1 Å². The summed E-state index contributed by atoms with van der Waals surface area (Å²) in [6.07, 6.45) is 2.93. The standard InChI is InChI=1S/C18H25N5O/c1-19-18(20-10-14-8-9-23(2)12-14)21-11-16-13-24-17(22-16)15-6-4-3-5-7-15/h3-7,13-14H,8-12H2,1-2H3,(H2,19,20,21). The van der Waals surface area contributed by atoms with Crippen LogP contribution in [0.25, 0.3) is 11.5 Å². The molecule has 6 heteroatoms. The largest absolute Gasteiger partial charge is 0.444 e. The number of aliphatic imine (C=N–C) groups is 1. The normalized spacial score (nSPS) is 18.8. The molecule has 24 heavy (non-hydrogen) atoms.